The molecule has 1 aromatic rings. The lowest BCUT2D eigenvalue weighted by Crippen LogP contribution is -2.51. The summed E-state index contributed by atoms with van der Waals surface area (Å²) in [6.07, 6.45) is 0.647. The average molecular weight is 446 g/mol. The predicted molar refractivity (Wildman–Crippen MR) is 109 cm³/mol. The molecule has 2 rings (SSSR count). The summed E-state index contributed by atoms with van der Waals surface area (Å²) >= 11 is 0. The Morgan fingerprint density at radius 1 is 1.10 bits per heavy atom. The second kappa shape index (κ2) is 9.23. The quantitative estimate of drug-likeness (QED) is 0.614. The van der Waals surface area contributed by atoms with Crippen molar-refractivity contribution in [3.8, 4) is 0 Å². The molecule has 9 nitrogen and oxygen atoms in total. The zero-order chi connectivity index (χ0) is 21.8. The number of amides is 2. The number of sulfone groups is 1. The zero-order valence-electron chi connectivity index (χ0n) is 16.7. The fourth-order valence-electron chi connectivity index (χ4n) is 2.75. The van der Waals surface area contributed by atoms with E-state index in [0.29, 0.717) is 6.42 Å². The van der Waals surface area contributed by atoms with E-state index in [1.807, 2.05) is 6.92 Å². The monoisotopic (exact) mass is 445 g/mol. The summed E-state index contributed by atoms with van der Waals surface area (Å²) in [5, 5.41) is 2.57. The normalized spacial score (nSPS) is 18.7. The van der Waals surface area contributed by atoms with Crippen LogP contribution >= 0.6 is 0 Å². The molecule has 0 radical (unpaired) electrons. The molecule has 2 amide bonds. The van der Waals surface area contributed by atoms with Gasteiger partial charge in [-0.3, -0.25) is 9.59 Å². The van der Waals surface area contributed by atoms with Crippen LogP contribution in [0.2, 0.25) is 0 Å². The van der Waals surface area contributed by atoms with Gasteiger partial charge in [-0.1, -0.05) is 6.92 Å². The van der Waals surface area contributed by atoms with Gasteiger partial charge in [0.1, 0.15) is 6.04 Å². The summed E-state index contributed by atoms with van der Waals surface area (Å²) in [4.78, 5) is 26.3. The molecule has 0 saturated carbocycles. The van der Waals surface area contributed by atoms with Gasteiger partial charge in [-0.15, -0.1) is 0 Å². The lowest BCUT2D eigenvalue weighted by Gasteiger charge is -2.29. The standard InChI is InChI=1S/C18H27N3O6S2/c1-4-13(2)20-29(26,27)16-7-5-15(6-8-16)17(22)19-14(3)18(23)21-9-11-28(24,25)12-10-21/h5-8,13-14,20H,4,9-12H2,1-3H3,(H,19,22). The lowest BCUT2D eigenvalue weighted by atomic mass is 10.2. The summed E-state index contributed by atoms with van der Waals surface area (Å²) in [5.74, 6) is -1.04. The summed E-state index contributed by atoms with van der Waals surface area (Å²) in [5.41, 5.74) is 0.216. The second-order valence-electron chi connectivity index (χ2n) is 7.13. The minimum Gasteiger partial charge on any atom is -0.341 e. The van der Waals surface area contributed by atoms with E-state index in [-0.39, 0.29) is 47.0 Å². The molecule has 1 aliphatic rings. The number of nitrogens with zero attached hydrogens (tertiary/aromatic N) is 1. The van der Waals surface area contributed by atoms with Gasteiger partial charge in [0.2, 0.25) is 15.9 Å². The number of carbonyl (C=O) groups is 2. The van der Waals surface area contributed by atoms with Crippen LogP contribution in [0.4, 0.5) is 0 Å². The SMILES string of the molecule is CCC(C)NS(=O)(=O)c1ccc(C(=O)NC(C)C(=O)N2CCS(=O)(=O)CC2)cc1. The van der Waals surface area contributed by atoms with Crippen LogP contribution in [0.3, 0.4) is 0 Å². The molecule has 0 aromatic heterocycles. The van der Waals surface area contributed by atoms with Crippen molar-refractivity contribution < 1.29 is 26.4 Å². The van der Waals surface area contributed by atoms with Gasteiger partial charge in [0.05, 0.1) is 16.4 Å². The number of nitrogens with one attached hydrogen (secondary N) is 2. The largest absolute Gasteiger partial charge is 0.341 e. The Hall–Kier alpha value is -1.98. The number of rotatable bonds is 7. The molecule has 0 bridgehead atoms. The molecule has 2 N–H and O–H groups in total. The van der Waals surface area contributed by atoms with Crippen LogP contribution in [-0.4, -0.2) is 70.2 Å². The van der Waals surface area contributed by atoms with Crippen molar-refractivity contribution >= 4 is 31.7 Å². The minimum atomic E-state index is -3.67. The van der Waals surface area contributed by atoms with E-state index in [4.69, 9.17) is 0 Å². The number of benzene rings is 1. The summed E-state index contributed by atoms with van der Waals surface area (Å²) in [7, 11) is -6.77. The van der Waals surface area contributed by atoms with Gasteiger partial charge < -0.3 is 10.2 Å². The molecular weight excluding hydrogens is 418 g/mol. The van der Waals surface area contributed by atoms with E-state index in [1.165, 1.54) is 36.1 Å². The molecule has 1 saturated heterocycles. The topological polar surface area (TPSA) is 130 Å². The Labute approximate surface area is 171 Å². The molecular formula is C18H27N3O6S2. The highest BCUT2D eigenvalue weighted by Crippen LogP contribution is 2.12. The average Bonchev–Trinajstić information content (AvgIpc) is 2.67. The third kappa shape index (κ3) is 6.25. The first kappa shape index (κ1) is 23.3. The maximum atomic E-state index is 12.4. The second-order valence-corrected chi connectivity index (χ2v) is 11.1. The number of hydrogen-bond donors (Lipinski definition) is 2. The first-order valence-corrected chi connectivity index (χ1v) is 12.7. The maximum Gasteiger partial charge on any atom is 0.251 e. The molecule has 29 heavy (non-hydrogen) atoms. The van der Waals surface area contributed by atoms with Crippen molar-refractivity contribution in [2.24, 2.45) is 0 Å². The highest BCUT2D eigenvalue weighted by atomic mass is 32.2. The van der Waals surface area contributed by atoms with Crippen LogP contribution < -0.4 is 10.0 Å². The molecule has 1 aliphatic heterocycles. The van der Waals surface area contributed by atoms with Crippen LogP contribution in [0.25, 0.3) is 0 Å². The van der Waals surface area contributed by atoms with Crippen LogP contribution in [0.1, 0.15) is 37.6 Å². The molecule has 1 heterocycles. The first-order valence-electron chi connectivity index (χ1n) is 9.37. The van der Waals surface area contributed by atoms with Crippen LogP contribution in [0.5, 0.6) is 0 Å². The molecule has 0 spiro atoms. The van der Waals surface area contributed by atoms with Crippen LogP contribution in [0, 0.1) is 0 Å². The summed E-state index contributed by atoms with van der Waals surface area (Å²) in [6, 6.07) is 4.39. The van der Waals surface area contributed by atoms with E-state index >= 15 is 0 Å². The van der Waals surface area contributed by atoms with E-state index in [9.17, 15) is 26.4 Å². The van der Waals surface area contributed by atoms with Crippen molar-refractivity contribution in [2.45, 2.75) is 44.2 Å². The van der Waals surface area contributed by atoms with Gasteiger partial charge >= 0.3 is 0 Å². The predicted octanol–water partition coefficient (Wildman–Crippen LogP) is 0.139. The van der Waals surface area contributed by atoms with Crippen molar-refractivity contribution in [3.63, 3.8) is 0 Å². The minimum absolute atomic E-state index is 0.0491. The van der Waals surface area contributed by atoms with Gasteiger partial charge in [0.15, 0.2) is 9.84 Å². The Bertz CT molecular complexity index is 944. The van der Waals surface area contributed by atoms with Gasteiger partial charge in [0, 0.05) is 24.7 Å². The van der Waals surface area contributed by atoms with Crippen molar-refractivity contribution in [1.82, 2.24) is 14.9 Å². The Kier molecular flexibility index (Phi) is 7.41. The van der Waals surface area contributed by atoms with Gasteiger partial charge in [-0.25, -0.2) is 21.6 Å². The third-order valence-electron chi connectivity index (χ3n) is 4.77. The maximum absolute atomic E-state index is 12.4. The molecule has 2 unspecified atom stereocenters. The van der Waals surface area contributed by atoms with Crippen molar-refractivity contribution in [2.75, 3.05) is 24.6 Å². The van der Waals surface area contributed by atoms with Crippen LogP contribution in [0.15, 0.2) is 29.2 Å². The summed E-state index contributed by atoms with van der Waals surface area (Å²) < 4.78 is 50.0. The Morgan fingerprint density at radius 2 is 1.66 bits per heavy atom. The third-order valence-corrected chi connectivity index (χ3v) is 7.98. The van der Waals surface area contributed by atoms with Crippen molar-refractivity contribution in [3.05, 3.63) is 29.8 Å². The van der Waals surface area contributed by atoms with Crippen molar-refractivity contribution in [1.29, 1.82) is 0 Å². The van der Waals surface area contributed by atoms with E-state index in [1.54, 1.807) is 6.92 Å². The number of carbonyl (C=O) groups excluding carboxylic acids is 2. The molecule has 11 heteroatoms. The first-order chi connectivity index (χ1) is 13.4. The smallest absolute Gasteiger partial charge is 0.251 e. The Morgan fingerprint density at radius 3 is 2.17 bits per heavy atom. The highest BCUT2D eigenvalue weighted by molar-refractivity contribution is 7.91. The number of hydrogen-bond acceptors (Lipinski definition) is 6. The molecule has 0 aliphatic carbocycles. The molecule has 162 valence electrons. The molecule has 1 fully saturated rings. The van der Waals surface area contributed by atoms with E-state index in [2.05, 4.69) is 10.0 Å². The molecule has 1 aromatic carbocycles. The molecule has 2 atom stereocenters. The zero-order valence-corrected chi connectivity index (χ0v) is 18.3. The fourth-order valence-corrected chi connectivity index (χ4v) is 5.28. The lowest BCUT2D eigenvalue weighted by molar-refractivity contribution is -0.132. The highest BCUT2D eigenvalue weighted by Gasteiger charge is 2.28. The Balaban J connectivity index is 1.99. The van der Waals surface area contributed by atoms with Gasteiger partial charge in [0.25, 0.3) is 5.91 Å². The fraction of sp³-hybridized carbons (Fsp3) is 0.556. The summed E-state index contributed by atoms with van der Waals surface area (Å²) in [6.45, 7) is 5.37. The van der Waals surface area contributed by atoms with Gasteiger partial charge in [-0.2, -0.15) is 0 Å². The van der Waals surface area contributed by atoms with E-state index < -0.39 is 31.8 Å². The van der Waals surface area contributed by atoms with Gasteiger partial charge in [-0.05, 0) is 44.5 Å². The van der Waals surface area contributed by atoms with E-state index in [0.717, 1.165) is 0 Å². The van der Waals surface area contributed by atoms with Crippen LogP contribution in [-0.2, 0) is 24.7 Å². The number of sulfonamides is 1.